The molecule has 1 amide bonds. The molecule has 0 aromatic carbocycles. The van der Waals surface area contributed by atoms with Crippen molar-refractivity contribution < 1.29 is 9.59 Å². The maximum absolute atomic E-state index is 12.0. The van der Waals surface area contributed by atoms with Crippen molar-refractivity contribution in [2.75, 3.05) is 17.2 Å². The molecule has 19 heavy (non-hydrogen) atoms. The van der Waals surface area contributed by atoms with Gasteiger partial charge in [0.1, 0.15) is 5.82 Å². The third kappa shape index (κ3) is 3.54. The van der Waals surface area contributed by atoms with Gasteiger partial charge in [-0.15, -0.1) is 0 Å². The summed E-state index contributed by atoms with van der Waals surface area (Å²) >= 11 is 1.28. The van der Waals surface area contributed by atoms with Gasteiger partial charge in [-0.25, -0.2) is 4.98 Å². The van der Waals surface area contributed by atoms with Gasteiger partial charge in [-0.1, -0.05) is 11.8 Å². The van der Waals surface area contributed by atoms with Crippen LogP contribution in [0.2, 0.25) is 0 Å². The molecule has 2 N–H and O–H groups in total. The number of hydrogen-bond acceptors (Lipinski definition) is 5. The SMILES string of the molecule is CC(=O)SCC1CC(=O)N(c2cc(CN)ccn2)C1. The van der Waals surface area contributed by atoms with E-state index in [1.807, 2.05) is 12.1 Å². The molecule has 1 saturated heterocycles. The van der Waals surface area contributed by atoms with E-state index in [0.29, 0.717) is 31.1 Å². The Kier molecular flexibility index (Phi) is 4.55. The molecule has 0 radical (unpaired) electrons. The normalized spacial score (nSPS) is 18.9. The molecular weight excluding hydrogens is 262 g/mol. The average molecular weight is 279 g/mol. The second kappa shape index (κ2) is 6.16. The minimum absolute atomic E-state index is 0.0656. The minimum atomic E-state index is 0.0656. The first-order valence-electron chi connectivity index (χ1n) is 6.19. The van der Waals surface area contributed by atoms with Crippen LogP contribution in [0.5, 0.6) is 0 Å². The summed E-state index contributed by atoms with van der Waals surface area (Å²) in [5.74, 6) is 1.62. The zero-order valence-corrected chi connectivity index (χ0v) is 11.7. The molecule has 102 valence electrons. The van der Waals surface area contributed by atoms with Crippen molar-refractivity contribution in [2.24, 2.45) is 11.7 Å². The number of nitrogens with two attached hydrogens (primary N) is 1. The predicted octanol–water partition coefficient (Wildman–Crippen LogP) is 1.17. The van der Waals surface area contributed by atoms with E-state index in [1.165, 1.54) is 11.8 Å². The van der Waals surface area contributed by atoms with Gasteiger partial charge < -0.3 is 5.73 Å². The number of pyridine rings is 1. The molecule has 1 aliphatic rings. The van der Waals surface area contributed by atoms with Crippen LogP contribution in [0.25, 0.3) is 0 Å². The molecule has 1 fully saturated rings. The second-order valence-corrected chi connectivity index (χ2v) is 5.80. The van der Waals surface area contributed by atoms with Crippen LogP contribution in [0.15, 0.2) is 18.3 Å². The van der Waals surface area contributed by atoms with Gasteiger partial charge in [0.2, 0.25) is 5.91 Å². The highest BCUT2D eigenvalue weighted by Crippen LogP contribution is 2.26. The summed E-state index contributed by atoms with van der Waals surface area (Å²) in [5, 5.41) is 0.0918. The number of anilines is 1. The number of carbonyl (C=O) groups is 2. The first-order valence-corrected chi connectivity index (χ1v) is 7.17. The van der Waals surface area contributed by atoms with Crippen molar-refractivity contribution in [3.8, 4) is 0 Å². The van der Waals surface area contributed by atoms with Crippen LogP contribution in [0.4, 0.5) is 5.82 Å². The molecule has 1 aromatic heterocycles. The van der Waals surface area contributed by atoms with Gasteiger partial charge in [0, 0.05) is 38.4 Å². The van der Waals surface area contributed by atoms with E-state index in [4.69, 9.17) is 5.73 Å². The maximum atomic E-state index is 12.0. The summed E-state index contributed by atoms with van der Waals surface area (Å²) < 4.78 is 0. The van der Waals surface area contributed by atoms with Crippen LogP contribution >= 0.6 is 11.8 Å². The smallest absolute Gasteiger partial charge is 0.228 e. The van der Waals surface area contributed by atoms with Crippen LogP contribution < -0.4 is 10.6 Å². The molecule has 6 heteroatoms. The van der Waals surface area contributed by atoms with Crippen LogP contribution in [0, 0.1) is 5.92 Å². The quantitative estimate of drug-likeness (QED) is 0.895. The van der Waals surface area contributed by atoms with Crippen LogP contribution in [0.1, 0.15) is 18.9 Å². The van der Waals surface area contributed by atoms with E-state index in [-0.39, 0.29) is 16.9 Å². The number of carbonyl (C=O) groups excluding carboxylic acids is 2. The van der Waals surface area contributed by atoms with Gasteiger partial charge in [0.15, 0.2) is 5.12 Å². The molecule has 1 aliphatic heterocycles. The lowest BCUT2D eigenvalue weighted by Crippen LogP contribution is -2.26. The zero-order chi connectivity index (χ0) is 13.8. The molecule has 2 rings (SSSR count). The van der Waals surface area contributed by atoms with Crippen LogP contribution in [-0.2, 0) is 16.1 Å². The molecule has 5 nitrogen and oxygen atoms in total. The first kappa shape index (κ1) is 14.0. The highest BCUT2D eigenvalue weighted by Gasteiger charge is 2.31. The average Bonchev–Trinajstić information content (AvgIpc) is 2.78. The summed E-state index contributed by atoms with van der Waals surface area (Å²) in [5.41, 5.74) is 6.55. The van der Waals surface area contributed by atoms with E-state index in [9.17, 15) is 9.59 Å². The van der Waals surface area contributed by atoms with Crippen molar-refractivity contribution in [1.82, 2.24) is 4.98 Å². The Morgan fingerprint density at radius 2 is 2.42 bits per heavy atom. The molecule has 0 saturated carbocycles. The zero-order valence-electron chi connectivity index (χ0n) is 10.8. The first-order chi connectivity index (χ1) is 9.10. The van der Waals surface area contributed by atoms with Gasteiger partial charge in [0.25, 0.3) is 0 Å². The lowest BCUT2D eigenvalue weighted by atomic mass is 10.1. The summed E-state index contributed by atoms with van der Waals surface area (Å²) in [4.78, 5) is 28.9. The molecule has 2 heterocycles. The number of nitrogens with zero attached hydrogens (tertiary/aromatic N) is 2. The van der Waals surface area contributed by atoms with Crippen molar-refractivity contribution in [2.45, 2.75) is 19.9 Å². The third-order valence-electron chi connectivity index (χ3n) is 3.05. The summed E-state index contributed by atoms with van der Waals surface area (Å²) in [7, 11) is 0. The fourth-order valence-corrected chi connectivity index (χ4v) is 2.78. The van der Waals surface area contributed by atoms with Crippen molar-refractivity contribution in [3.63, 3.8) is 0 Å². The van der Waals surface area contributed by atoms with Gasteiger partial charge >= 0.3 is 0 Å². The van der Waals surface area contributed by atoms with E-state index >= 15 is 0 Å². The Hall–Kier alpha value is -1.40. The molecule has 0 aliphatic carbocycles. The fraction of sp³-hybridized carbons (Fsp3) is 0.462. The Morgan fingerprint density at radius 1 is 1.63 bits per heavy atom. The molecule has 1 atom stereocenters. The number of amides is 1. The van der Waals surface area contributed by atoms with Crippen molar-refractivity contribution >= 4 is 28.6 Å². The van der Waals surface area contributed by atoms with E-state index in [1.54, 1.807) is 18.0 Å². The monoisotopic (exact) mass is 279 g/mol. The Bertz CT molecular complexity index is 493. The number of rotatable bonds is 4. The highest BCUT2D eigenvalue weighted by atomic mass is 32.2. The summed E-state index contributed by atoms with van der Waals surface area (Å²) in [6, 6.07) is 3.69. The Balaban J connectivity index is 2.04. The Labute approximate surface area is 116 Å². The number of aromatic nitrogens is 1. The lowest BCUT2D eigenvalue weighted by Gasteiger charge is -2.16. The largest absolute Gasteiger partial charge is 0.326 e. The number of hydrogen-bond donors (Lipinski definition) is 1. The van der Waals surface area contributed by atoms with Gasteiger partial charge in [-0.3, -0.25) is 14.5 Å². The topological polar surface area (TPSA) is 76.3 Å². The third-order valence-corrected chi connectivity index (χ3v) is 4.09. The number of thioether (sulfide) groups is 1. The van der Waals surface area contributed by atoms with Crippen LogP contribution in [-0.4, -0.2) is 28.3 Å². The van der Waals surface area contributed by atoms with E-state index < -0.39 is 0 Å². The fourth-order valence-electron chi connectivity index (χ4n) is 2.08. The maximum Gasteiger partial charge on any atom is 0.228 e. The summed E-state index contributed by atoms with van der Waals surface area (Å²) in [6.07, 6.45) is 2.15. The van der Waals surface area contributed by atoms with E-state index in [0.717, 1.165) is 5.56 Å². The van der Waals surface area contributed by atoms with Crippen molar-refractivity contribution in [3.05, 3.63) is 23.9 Å². The predicted molar refractivity (Wildman–Crippen MR) is 75.7 cm³/mol. The van der Waals surface area contributed by atoms with Gasteiger partial charge in [-0.2, -0.15) is 0 Å². The molecule has 0 spiro atoms. The second-order valence-electron chi connectivity index (χ2n) is 4.60. The summed E-state index contributed by atoms with van der Waals surface area (Å²) in [6.45, 7) is 2.60. The molecular formula is C13H17N3O2S. The lowest BCUT2D eigenvalue weighted by molar-refractivity contribution is -0.117. The van der Waals surface area contributed by atoms with Gasteiger partial charge in [0.05, 0.1) is 0 Å². The standard InChI is InChI=1S/C13H17N3O2S/c1-9(17)19-8-11-5-13(18)16(7-11)12-4-10(6-14)2-3-15-12/h2-4,11H,5-8,14H2,1H3. The van der Waals surface area contributed by atoms with Crippen molar-refractivity contribution in [1.29, 1.82) is 0 Å². The van der Waals surface area contributed by atoms with Crippen LogP contribution in [0.3, 0.4) is 0 Å². The molecule has 1 aromatic rings. The minimum Gasteiger partial charge on any atom is -0.326 e. The van der Waals surface area contributed by atoms with E-state index in [2.05, 4.69) is 4.98 Å². The van der Waals surface area contributed by atoms with Gasteiger partial charge in [-0.05, 0) is 23.6 Å². The Morgan fingerprint density at radius 3 is 3.11 bits per heavy atom. The highest BCUT2D eigenvalue weighted by molar-refractivity contribution is 8.13. The molecule has 0 bridgehead atoms. The molecule has 1 unspecified atom stereocenters.